The molecule has 0 amide bonds. The second kappa shape index (κ2) is 6.75. The Morgan fingerprint density at radius 2 is 1.76 bits per heavy atom. The SMILES string of the molecule is CCC1CCCCC1OCCC1CCCC1N. The minimum Gasteiger partial charge on any atom is -0.378 e. The lowest BCUT2D eigenvalue weighted by Crippen LogP contribution is -2.30. The number of ether oxygens (including phenoxy) is 1. The second-order valence-electron chi connectivity index (χ2n) is 6.01. The van der Waals surface area contributed by atoms with Crippen LogP contribution in [0.3, 0.4) is 0 Å². The van der Waals surface area contributed by atoms with Gasteiger partial charge in [-0.1, -0.05) is 32.6 Å². The van der Waals surface area contributed by atoms with E-state index in [1.165, 1.54) is 57.8 Å². The van der Waals surface area contributed by atoms with E-state index in [2.05, 4.69) is 6.92 Å². The van der Waals surface area contributed by atoms with Crippen LogP contribution in [0.4, 0.5) is 0 Å². The van der Waals surface area contributed by atoms with E-state index in [-0.39, 0.29) is 0 Å². The van der Waals surface area contributed by atoms with Crippen LogP contribution in [-0.2, 0) is 4.74 Å². The maximum absolute atomic E-state index is 6.14. The van der Waals surface area contributed by atoms with Crippen molar-refractivity contribution in [3.8, 4) is 0 Å². The molecule has 2 rings (SSSR count). The van der Waals surface area contributed by atoms with Crippen molar-refractivity contribution in [3.05, 3.63) is 0 Å². The molecule has 0 radical (unpaired) electrons. The Bertz CT molecular complexity index is 219. The smallest absolute Gasteiger partial charge is 0.0603 e. The van der Waals surface area contributed by atoms with E-state index in [4.69, 9.17) is 10.5 Å². The van der Waals surface area contributed by atoms with Crippen LogP contribution < -0.4 is 5.73 Å². The van der Waals surface area contributed by atoms with Crippen LogP contribution in [0.5, 0.6) is 0 Å². The molecule has 0 bridgehead atoms. The third-order valence-corrected chi connectivity index (χ3v) is 4.90. The van der Waals surface area contributed by atoms with E-state index in [0.29, 0.717) is 12.1 Å². The molecule has 2 N–H and O–H groups in total. The zero-order chi connectivity index (χ0) is 12.1. The van der Waals surface area contributed by atoms with Gasteiger partial charge in [0, 0.05) is 12.6 Å². The molecule has 0 aliphatic heterocycles. The molecule has 2 aliphatic carbocycles. The van der Waals surface area contributed by atoms with Crippen molar-refractivity contribution < 1.29 is 4.74 Å². The van der Waals surface area contributed by atoms with Crippen molar-refractivity contribution in [2.45, 2.75) is 76.9 Å². The van der Waals surface area contributed by atoms with Gasteiger partial charge in [0.25, 0.3) is 0 Å². The molecule has 0 spiro atoms. The summed E-state index contributed by atoms with van der Waals surface area (Å²) in [4.78, 5) is 0. The van der Waals surface area contributed by atoms with Crippen molar-refractivity contribution in [2.75, 3.05) is 6.61 Å². The van der Waals surface area contributed by atoms with Crippen LogP contribution in [0, 0.1) is 11.8 Å². The van der Waals surface area contributed by atoms with E-state index in [0.717, 1.165) is 18.4 Å². The molecule has 2 nitrogen and oxygen atoms in total. The molecular weight excluding hydrogens is 210 g/mol. The van der Waals surface area contributed by atoms with E-state index >= 15 is 0 Å². The molecule has 2 saturated carbocycles. The first-order valence-corrected chi connectivity index (χ1v) is 7.68. The molecular formula is C15H29NO. The lowest BCUT2D eigenvalue weighted by molar-refractivity contribution is -0.0174. The van der Waals surface area contributed by atoms with Crippen LogP contribution in [-0.4, -0.2) is 18.8 Å². The lowest BCUT2D eigenvalue weighted by Gasteiger charge is -2.31. The van der Waals surface area contributed by atoms with Crippen molar-refractivity contribution in [3.63, 3.8) is 0 Å². The van der Waals surface area contributed by atoms with E-state index in [1.807, 2.05) is 0 Å². The van der Waals surface area contributed by atoms with Crippen molar-refractivity contribution in [1.29, 1.82) is 0 Å². The van der Waals surface area contributed by atoms with Crippen LogP contribution in [0.2, 0.25) is 0 Å². The quantitative estimate of drug-likeness (QED) is 0.797. The summed E-state index contributed by atoms with van der Waals surface area (Å²) in [5, 5.41) is 0. The molecule has 100 valence electrons. The zero-order valence-electron chi connectivity index (χ0n) is 11.4. The highest BCUT2D eigenvalue weighted by atomic mass is 16.5. The summed E-state index contributed by atoms with van der Waals surface area (Å²) >= 11 is 0. The normalized spacial score (nSPS) is 38.5. The molecule has 4 unspecified atom stereocenters. The summed E-state index contributed by atoms with van der Waals surface area (Å²) in [5.74, 6) is 1.56. The Morgan fingerprint density at radius 1 is 1.00 bits per heavy atom. The number of nitrogens with two attached hydrogens (primary N) is 1. The first kappa shape index (κ1) is 13.4. The van der Waals surface area contributed by atoms with Gasteiger partial charge in [-0.25, -0.2) is 0 Å². The molecule has 2 fully saturated rings. The largest absolute Gasteiger partial charge is 0.378 e. The van der Waals surface area contributed by atoms with Crippen LogP contribution >= 0.6 is 0 Å². The number of hydrogen-bond acceptors (Lipinski definition) is 2. The summed E-state index contributed by atoms with van der Waals surface area (Å²) in [6, 6.07) is 0.451. The molecule has 2 aliphatic rings. The van der Waals surface area contributed by atoms with Gasteiger partial charge in [-0.05, 0) is 43.9 Å². The highest BCUT2D eigenvalue weighted by Crippen LogP contribution is 2.31. The summed E-state index contributed by atoms with van der Waals surface area (Å²) in [6.45, 7) is 3.25. The van der Waals surface area contributed by atoms with Gasteiger partial charge in [-0.3, -0.25) is 0 Å². The summed E-state index contributed by atoms with van der Waals surface area (Å²) in [7, 11) is 0. The predicted octanol–water partition coefficient (Wildman–Crippen LogP) is 3.49. The van der Waals surface area contributed by atoms with Crippen molar-refractivity contribution in [1.82, 2.24) is 0 Å². The third kappa shape index (κ3) is 3.69. The predicted molar refractivity (Wildman–Crippen MR) is 71.9 cm³/mol. The van der Waals surface area contributed by atoms with E-state index in [1.54, 1.807) is 0 Å². The molecule has 17 heavy (non-hydrogen) atoms. The van der Waals surface area contributed by atoms with Gasteiger partial charge in [0.2, 0.25) is 0 Å². The van der Waals surface area contributed by atoms with Gasteiger partial charge in [0.05, 0.1) is 6.10 Å². The topological polar surface area (TPSA) is 35.2 Å². The van der Waals surface area contributed by atoms with Crippen molar-refractivity contribution >= 4 is 0 Å². The summed E-state index contributed by atoms with van der Waals surface area (Å²) in [6.07, 6.45) is 12.3. The molecule has 0 heterocycles. The molecule has 0 aromatic carbocycles. The molecule has 2 heteroatoms. The van der Waals surface area contributed by atoms with E-state index < -0.39 is 0 Å². The summed E-state index contributed by atoms with van der Waals surface area (Å²) in [5.41, 5.74) is 6.10. The highest BCUT2D eigenvalue weighted by Gasteiger charge is 2.26. The van der Waals surface area contributed by atoms with Crippen molar-refractivity contribution in [2.24, 2.45) is 17.6 Å². The Kier molecular flexibility index (Phi) is 5.30. The van der Waals surface area contributed by atoms with Gasteiger partial charge in [0.1, 0.15) is 0 Å². The van der Waals surface area contributed by atoms with Gasteiger partial charge in [0.15, 0.2) is 0 Å². The molecule has 0 saturated heterocycles. The fourth-order valence-electron chi connectivity index (χ4n) is 3.65. The number of rotatable bonds is 5. The first-order chi connectivity index (χ1) is 8.31. The van der Waals surface area contributed by atoms with Crippen LogP contribution in [0.15, 0.2) is 0 Å². The van der Waals surface area contributed by atoms with Gasteiger partial charge in [-0.15, -0.1) is 0 Å². The number of hydrogen-bond donors (Lipinski definition) is 1. The molecule has 0 aromatic heterocycles. The third-order valence-electron chi connectivity index (χ3n) is 4.90. The Hall–Kier alpha value is -0.0800. The van der Waals surface area contributed by atoms with Gasteiger partial charge >= 0.3 is 0 Å². The monoisotopic (exact) mass is 239 g/mol. The molecule has 4 atom stereocenters. The fraction of sp³-hybridized carbons (Fsp3) is 1.00. The van der Waals surface area contributed by atoms with Gasteiger partial charge < -0.3 is 10.5 Å². The lowest BCUT2D eigenvalue weighted by atomic mass is 9.85. The first-order valence-electron chi connectivity index (χ1n) is 7.68. The average Bonchev–Trinajstić information content (AvgIpc) is 2.76. The zero-order valence-corrected chi connectivity index (χ0v) is 11.4. The summed E-state index contributed by atoms with van der Waals surface area (Å²) < 4.78 is 6.14. The van der Waals surface area contributed by atoms with Gasteiger partial charge in [-0.2, -0.15) is 0 Å². The minimum atomic E-state index is 0.451. The molecule has 0 aromatic rings. The average molecular weight is 239 g/mol. The fourth-order valence-corrected chi connectivity index (χ4v) is 3.65. The Morgan fingerprint density at radius 3 is 2.47 bits per heavy atom. The van der Waals surface area contributed by atoms with Crippen LogP contribution in [0.25, 0.3) is 0 Å². The van der Waals surface area contributed by atoms with E-state index in [9.17, 15) is 0 Å². The van der Waals surface area contributed by atoms with Crippen LogP contribution in [0.1, 0.15) is 64.7 Å². The maximum Gasteiger partial charge on any atom is 0.0603 e. The highest BCUT2D eigenvalue weighted by molar-refractivity contribution is 4.80. The Labute approximate surface area is 106 Å². The second-order valence-corrected chi connectivity index (χ2v) is 6.01. The minimum absolute atomic E-state index is 0.451. The Balaban J connectivity index is 1.66. The maximum atomic E-state index is 6.14. The standard InChI is InChI=1S/C15H29NO/c1-2-12-6-3-4-9-15(12)17-11-10-13-7-5-8-14(13)16/h12-15H,2-11,16H2,1H3.